The summed E-state index contributed by atoms with van der Waals surface area (Å²) >= 11 is 0. The summed E-state index contributed by atoms with van der Waals surface area (Å²) in [5, 5.41) is 9.47. The van der Waals surface area contributed by atoms with Crippen molar-refractivity contribution in [3.8, 4) is 11.8 Å². The van der Waals surface area contributed by atoms with Crippen LogP contribution in [0.25, 0.3) is 11.6 Å². The van der Waals surface area contributed by atoms with Crippen molar-refractivity contribution < 1.29 is 4.74 Å². The lowest BCUT2D eigenvalue weighted by Gasteiger charge is -2.11. The van der Waals surface area contributed by atoms with Gasteiger partial charge >= 0.3 is 0 Å². The smallest absolute Gasteiger partial charge is 0.230 e. The molecule has 0 bridgehead atoms. The molecule has 2 N–H and O–H groups in total. The van der Waals surface area contributed by atoms with Crippen molar-refractivity contribution in [2.45, 2.75) is 6.92 Å². The number of hydrogen-bond donors (Lipinski definition) is 1. The molecule has 0 radical (unpaired) electrons. The summed E-state index contributed by atoms with van der Waals surface area (Å²) < 4.78 is 5.56. The molecule has 1 heterocycles. The van der Waals surface area contributed by atoms with Gasteiger partial charge < -0.3 is 15.4 Å². The molecule has 0 fully saturated rings. The molecule has 0 aliphatic carbocycles. The van der Waals surface area contributed by atoms with E-state index in [0.29, 0.717) is 18.3 Å². The molecule has 0 saturated carbocycles. The Hall–Kier alpha value is -3.14. The van der Waals surface area contributed by atoms with Crippen LogP contribution in [-0.4, -0.2) is 35.7 Å². The molecule has 0 amide bonds. The van der Waals surface area contributed by atoms with Gasteiger partial charge in [0.2, 0.25) is 11.9 Å². The summed E-state index contributed by atoms with van der Waals surface area (Å²) in [6.07, 6.45) is 1.68. The van der Waals surface area contributed by atoms with Gasteiger partial charge in [-0.05, 0) is 19.1 Å². The highest BCUT2D eigenvalue weighted by atomic mass is 16.5. The zero-order valence-corrected chi connectivity index (χ0v) is 13.3. The van der Waals surface area contributed by atoms with Crippen molar-refractivity contribution in [3.05, 3.63) is 35.7 Å². The summed E-state index contributed by atoms with van der Waals surface area (Å²) in [6, 6.07) is 9.56. The second-order valence-electron chi connectivity index (χ2n) is 4.85. The first-order valence-electron chi connectivity index (χ1n) is 7.08. The van der Waals surface area contributed by atoms with Crippen LogP contribution >= 0.6 is 0 Å². The van der Waals surface area contributed by atoms with Crippen molar-refractivity contribution >= 4 is 23.5 Å². The number of rotatable bonds is 5. The lowest BCUT2D eigenvalue weighted by atomic mass is 10.1. The Labute approximate surface area is 135 Å². The number of nitrogens with zero attached hydrogens (tertiary/aromatic N) is 5. The van der Waals surface area contributed by atoms with E-state index in [0.717, 1.165) is 5.56 Å². The topological polar surface area (TPSA) is 101 Å². The van der Waals surface area contributed by atoms with Crippen LogP contribution in [0, 0.1) is 11.3 Å². The fraction of sp³-hybridized carbons (Fsp3) is 0.250. The zero-order chi connectivity index (χ0) is 16.8. The van der Waals surface area contributed by atoms with E-state index in [1.165, 1.54) is 0 Å². The monoisotopic (exact) mass is 310 g/mol. The molecule has 0 spiro atoms. The third-order valence-corrected chi connectivity index (χ3v) is 2.92. The maximum Gasteiger partial charge on any atom is 0.230 e. The maximum absolute atomic E-state index is 9.47. The number of allylic oxidation sites excluding steroid dienone is 1. The van der Waals surface area contributed by atoms with Crippen molar-refractivity contribution in [1.29, 1.82) is 5.26 Å². The highest BCUT2D eigenvalue weighted by Gasteiger charge is 2.12. The van der Waals surface area contributed by atoms with Crippen LogP contribution < -0.4 is 15.4 Å². The molecule has 0 aliphatic rings. The van der Waals surface area contributed by atoms with E-state index in [1.54, 1.807) is 25.1 Å². The number of hydrogen-bond acceptors (Lipinski definition) is 7. The molecular formula is C16H18N6O. The van der Waals surface area contributed by atoms with Crippen LogP contribution in [0.4, 0.5) is 11.9 Å². The Balaban J connectivity index is 2.51. The largest absolute Gasteiger partial charge is 0.493 e. The van der Waals surface area contributed by atoms with Crippen LogP contribution in [0.5, 0.6) is 5.75 Å². The Morgan fingerprint density at radius 1 is 1.30 bits per heavy atom. The van der Waals surface area contributed by atoms with Gasteiger partial charge in [-0.25, -0.2) is 0 Å². The number of anilines is 2. The molecule has 0 saturated heterocycles. The molecule has 0 aliphatic heterocycles. The maximum atomic E-state index is 9.47. The van der Waals surface area contributed by atoms with Crippen molar-refractivity contribution in [2.75, 3.05) is 31.3 Å². The Morgan fingerprint density at radius 3 is 2.70 bits per heavy atom. The van der Waals surface area contributed by atoms with Gasteiger partial charge in [0.05, 0.1) is 12.2 Å². The summed E-state index contributed by atoms with van der Waals surface area (Å²) in [5.41, 5.74) is 6.77. The van der Waals surface area contributed by atoms with Gasteiger partial charge in [0.1, 0.15) is 11.8 Å². The van der Waals surface area contributed by atoms with Gasteiger partial charge in [-0.1, -0.05) is 18.2 Å². The van der Waals surface area contributed by atoms with E-state index < -0.39 is 0 Å². The number of nitrogens with two attached hydrogens (primary N) is 1. The highest BCUT2D eigenvalue weighted by Crippen LogP contribution is 2.24. The molecule has 7 heteroatoms. The minimum absolute atomic E-state index is 0.0675. The van der Waals surface area contributed by atoms with Gasteiger partial charge in [0.15, 0.2) is 5.82 Å². The van der Waals surface area contributed by atoms with Gasteiger partial charge in [-0.2, -0.15) is 20.2 Å². The molecular weight excluding hydrogens is 292 g/mol. The average Bonchev–Trinajstić information content (AvgIpc) is 2.53. The standard InChI is InChI=1S/C16H18N6O/c1-4-23-13-8-6-5-7-11(13)9-12(10-17)14-19-15(18)21-16(20-14)22(2)3/h5-9H,4H2,1-3H3,(H2,18,19,20,21)/b12-9+. The number of aromatic nitrogens is 3. The fourth-order valence-corrected chi connectivity index (χ4v) is 1.89. The molecule has 2 rings (SSSR count). The zero-order valence-electron chi connectivity index (χ0n) is 13.3. The average molecular weight is 310 g/mol. The number of nitriles is 1. The Kier molecular flexibility index (Phi) is 5.10. The lowest BCUT2D eigenvalue weighted by Crippen LogP contribution is -2.15. The van der Waals surface area contributed by atoms with Crippen LogP contribution in [0.3, 0.4) is 0 Å². The third kappa shape index (κ3) is 3.95. The number of para-hydroxylation sites is 1. The molecule has 2 aromatic rings. The molecule has 23 heavy (non-hydrogen) atoms. The van der Waals surface area contributed by atoms with E-state index >= 15 is 0 Å². The Morgan fingerprint density at radius 2 is 2.04 bits per heavy atom. The second kappa shape index (κ2) is 7.22. The van der Waals surface area contributed by atoms with E-state index in [1.807, 2.05) is 31.2 Å². The number of benzene rings is 1. The Bertz CT molecular complexity index is 763. The van der Waals surface area contributed by atoms with Crippen LogP contribution in [0.1, 0.15) is 18.3 Å². The number of ether oxygens (including phenoxy) is 1. The van der Waals surface area contributed by atoms with E-state index in [4.69, 9.17) is 10.5 Å². The van der Waals surface area contributed by atoms with Crippen molar-refractivity contribution in [3.63, 3.8) is 0 Å². The minimum Gasteiger partial charge on any atom is -0.493 e. The molecule has 7 nitrogen and oxygen atoms in total. The summed E-state index contributed by atoms with van der Waals surface area (Å²) in [6.45, 7) is 2.44. The first-order valence-corrected chi connectivity index (χ1v) is 7.08. The lowest BCUT2D eigenvalue weighted by molar-refractivity contribution is 0.339. The molecule has 1 aromatic carbocycles. The first-order chi connectivity index (χ1) is 11.0. The van der Waals surface area contributed by atoms with Gasteiger partial charge in [0.25, 0.3) is 0 Å². The van der Waals surface area contributed by atoms with Crippen LogP contribution in [0.15, 0.2) is 24.3 Å². The van der Waals surface area contributed by atoms with Gasteiger partial charge in [-0.3, -0.25) is 0 Å². The SMILES string of the molecule is CCOc1ccccc1/C=C(\C#N)c1nc(N)nc(N(C)C)n1. The molecule has 0 unspecified atom stereocenters. The summed E-state index contributed by atoms with van der Waals surface area (Å²) in [7, 11) is 3.58. The van der Waals surface area contributed by atoms with Gasteiger partial charge in [0, 0.05) is 19.7 Å². The fourth-order valence-electron chi connectivity index (χ4n) is 1.89. The van der Waals surface area contributed by atoms with E-state index in [2.05, 4.69) is 21.0 Å². The predicted molar refractivity (Wildman–Crippen MR) is 89.7 cm³/mol. The van der Waals surface area contributed by atoms with Gasteiger partial charge in [-0.15, -0.1) is 0 Å². The highest BCUT2D eigenvalue weighted by molar-refractivity contribution is 5.88. The normalized spacial score (nSPS) is 11.0. The second-order valence-corrected chi connectivity index (χ2v) is 4.85. The van der Waals surface area contributed by atoms with Crippen LogP contribution in [-0.2, 0) is 0 Å². The molecule has 1 aromatic heterocycles. The summed E-state index contributed by atoms with van der Waals surface area (Å²) in [5.74, 6) is 1.39. The van der Waals surface area contributed by atoms with E-state index in [-0.39, 0.29) is 17.3 Å². The minimum atomic E-state index is 0.0675. The first kappa shape index (κ1) is 16.2. The van der Waals surface area contributed by atoms with Crippen molar-refractivity contribution in [1.82, 2.24) is 15.0 Å². The van der Waals surface area contributed by atoms with E-state index in [9.17, 15) is 5.26 Å². The van der Waals surface area contributed by atoms with Crippen LogP contribution in [0.2, 0.25) is 0 Å². The summed E-state index contributed by atoms with van der Waals surface area (Å²) in [4.78, 5) is 14.0. The third-order valence-electron chi connectivity index (χ3n) is 2.92. The molecule has 0 atom stereocenters. The van der Waals surface area contributed by atoms with Crippen molar-refractivity contribution in [2.24, 2.45) is 0 Å². The number of nitrogen functional groups attached to an aromatic ring is 1. The predicted octanol–water partition coefficient (Wildman–Crippen LogP) is 1.98. The molecule has 118 valence electrons. The quantitative estimate of drug-likeness (QED) is 0.842.